The third kappa shape index (κ3) is 7.06. The third-order valence-corrected chi connectivity index (χ3v) is 5.55. The Morgan fingerprint density at radius 1 is 1.03 bits per heavy atom. The number of aryl methyl sites for hydroxylation is 1. The number of nitrogens with zero attached hydrogens (tertiary/aromatic N) is 1. The number of carbonyl (C=O) groups excluding carboxylic acids is 2. The third-order valence-electron chi connectivity index (χ3n) is 4.81. The molecule has 2 amide bonds. The molecule has 1 atom stereocenters. The van der Waals surface area contributed by atoms with Gasteiger partial charge in [0.1, 0.15) is 6.04 Å². The van der Waals surface area contributed by atoms with Crippen LogP contribution in [0.15, 0.2) is 42.5 Å². The largest absolute Gasteiger partial charge is 0.354 e. The first-order valence-electron chi connectivity index (χ1n) is 9.88. The summed E-state index contributed by atoms with van der Waals surface area (Å²) in [5.74, 6) is -0.282. The van der Waals surface area contributed by atoms with Crippen molar-refractivity contribution in [1.82, 2.24) is 10.2 Å². The molecule has 0 radical (unpaired) electrons. The minimum absolute atomic E-state index is 0.137. The number of nitrogens with one attached hydrogen (secondary N) is 1. The first kappa shape index (κ1) is 23.2. The van der Waals surface area contributed by atoms with Gasteiger partial charge in [0, 0.05) is 13.1 Å². The summed E-state index contributed by atoms with van der Waals surface area (Å²) in [6, 6.07) is 12.5. The Hall–Kier alpha value is -2.04. The van der Waals surface area contributed by atoms with Crippen molar-refractivity contribution >= 4 is 35.0 Å². The molecule has 4 nitrogen and oxygen atoms in total. The summed E-state index contributed by atoms with van der Waals surface area (Å²) in [7, 11) is 0. The molecule has 0 aromatic heterocycles. The quantitative estimate of drug-likeness (QED) is 0.552. The van der Waals surface area contributed by atoms with Gasteiger partial charge < -0.3 is 10.2 Å². The van der Waals surface area contributed by atoms with Crippen LogP contribution in [0.2, 0.25) is 10.0 Å². The highest BCUT2D eigenvalue weighted by molar-refractivity contribution is 6.42. The molecule has 0 fully saturated rings. The van der Waals surface area contributed by atoms with E-state index in [9.17, 15) is 9.59 Å². The van der Waals surface area contributed by atoms with Crippen LogP contribution < -0.4 is 5.32 Å². The number of hydrogen-bond donors (Lipinski definition) is 1. The summed E-state index contributed by atoms with van der Waals surface area (Å²) in [5, 5.41) is 3.78. The molecule has 0 bridgehead atoms. The lowest BCUT2D eigenvalue weighted by Gasteiger charge is -2.29. The van der Waals surface area contributed by atoms with E-state index < -0.39 is 6.04 Å². The molecule has 1 N–H and O–H groups in total. The normalized spacial score (nSPS) is 11.8. The van der Waals surface area contributed by atoms with Crippen LogP contribution in [0.4, 0.5) is 0 Å². The van der Waals surface area contributed by atoms with Crippen LogP contribution in [-0.2, 0) is 22.6 Å². The second-order valence-electron chi connectivity index (χ2n) is 7.25. The summed E-state index contributed by atoms with van der Waals surface area (Å²) in [6.45, 7) is 6.82. The van der Waals surface area contributed by atoms with E-state index in [0.29, 0.717) is 23.1 Å². The Kier molecular flexibility index (Phi) is 8.99. The van der Waals surface area contributed by atoms with Gasteiger partial charge in [0.25, 0.3) is 0 Å². The Bertz CT molecular complexity index is 837. The Morgan fingerprint density at radius 2 is 1.69 bits per heavy atom. The summed E-state index contributed by atoms with van der Waals surface area (Å²) < 4.78 is 0. The summed E-state index contributed by atoms with van der Waals surface area (Å²) >= 11 is 12.1. The van der Waals surface area contributed by atoms with Crippen molar-refractivity contribution in [2.24, 2.45) is 0 Å². The zero-order valence-corrected chi connectivity index (χ0v) is 18.7. The maximum Gasteiger partial charge on any atom is 0.242 e. The fourth-order valence-corrected chi connectivity index (χ4v) is 3.26. The molecule has 0 saturated heterocycles. The zero-order valence-electron chi connectivity index (χ0n) is 17.2. The second-order valence-corrected chi connectivity index (χ2v) is 8.07. The van der Waals surface area contributed by atoms with Crippen molar-refractivity contribution in [2.75, 3.05) is 6.54 Å². The highest BCUT2D eigenvalue weighted by Crippen LogP contribution is 2.23. The number of unbranched alkanes of at least 4 members (excludes halogenated alkanes) is 1. The van der Waals surface area contributed by atoms with Crippen molar-refractivity contribution < 1.29 is 9.59 Å². The number of amides is 2. The van der Waals surface area contributed by atoms with E-state index in [-0.39, 0.29) is 18.2 Å². The van der Waals surface area contributed by atoms with Crippen LogP contribution >= 0.6 is 23.2 Å². The first-order valence-corrected chi connectivity index (χ1v) is 10.6. The summed E-state index contributed by atoms with van der Waals surface area (Å²) in [5.41, 5.74) is 2.89. The SMILES string of the molecule is CCCCNC(=O)C(C)N(Cc1ccc(C)cc1)C(=O)Cc1ccc(Cl)c(Cl)c1. The molecule has 0 aliphatic rings. The van der Waals surface area contributed by atoms with Gasteiger partial charge >= 0.3 is 0 Å². The lowest BCUT2D eigenvalue weighted by molar-refractivity contribution is -0.140. The second kappa shape index (κ2) is 11.2. The number of benzene rings is 2. The molecule has 0 aliphatic carbocycles. The van der Waals surface area contributed by atoms with E-state index in [1.54, 1.807) is 30.0 Å². The number of carbonyl (C=O) groups is 2. The molecule has 29 heavy (non-hydrogen) atoms. The average Bonchev–Trinajstić information content (AvgIpc) is 2.69. The van der Waals surface area contributed by atoms with Crippen molar-refractivity contribution in [3.05, 3.63) is 69.2 Å². The molecule has 1 unspecified atom stereocenters. The number of rotatable bonds is 9. The Labute approximate surface area is 183 Å². The number of hydrogen-bond acceptors (Lipinski definition) is 2. The summed E-state index contributed by atoms with van der Waals surface area (Å²) in [6.07, 6.45) is 2.06. The van der Waals surface area contributed by atoms with Gasteiger partial charge in [-0.3, -0.25) is 9.59 Å². The monoisotopic (exact) mass is 434 g/mol. The molecule has 0 spiro atoms. The fourth-order valence-electron chi connectivity index (χ4n) is 2.93. The van der Waals surface area contributed by atoms with Crippen LogP contribution in [0.3, 0.4) is 0 Å². The van der Waals surface area contributed by atoms with Crippen molar-refractivity contribution in [3.8, 4) is 0 Å². The fraction of sp³-hybridized carbons (Fsp3) is 0.391. The molecular formula is C23H28Cl2N2O2. The molecular weight excluding hydrogens is 407 g/mol. The van der Waals surface area contributed by atoms with Gasteiger partial charge in [0.15, 0.2) is 0 Å². The van der Waals surface area contributed by atoms with E-state index in [1.165, 1.54) is 0 Å². The van der Waals surface area contributed by atoms with Crippen molar-refractivity contribution in [3.63, 3.8) is 0 Å². The van der Waals surface area contributed by atoms with Gasteiger partial charge in [-0.05, 0) is 43.5 Å². The smallest absolute Gasteiger partial charge is 0.242 e. The molecule has 2 aromatic carbocycles. The van der Waals surface area contributed by atoms with Gasteiger partial charge in [-0.1, -0.05) is 72.4 Å². The molecule has 0 heterocycles. The van der Waals surface area contributed by atoms with Crippen LogP contribution in [-0.4, -0.2) is 29.3 Å². The zero-order chi connectivity index (χ0) is 21.4. The predicted molar refractivity (Wildman–Crippen MR) is 119 cm³/mol. The van der Waals surface area contributed by atoms with Gasteiger partial charge in [-0.15, -0.1) is 0 Å². The molecule has 2 rings (SSSR count). The van der Waals surface area contributed by atoms with Gasteiger partial charge in [-0.2, -0.15) is 0 Å². The maximum atomic E-state index is 13.1. The van der Waals surface area contributed by atoms with Gasteiger partial charge in [0.05, 0.1) is 16.5 Å². The molecule has 0 saturated carbocycles. The number of halogens is 2. The average molecular weight is 435 g/mol. The minimum Gasteiger partial charge on any atom is -0.354 e. The Morgan fingerprint density at radius 3 is 2.31 bits per heavy atom. The first-order chi connectivity index (χ1) is 13.8. The summed E-state index contributed by atoms with van der Waals surface area (Å²) in [4.78, 5) is 27.4. The lowest BCUT2D eigenvalue weighted by atomic mass is 10.1. The molecule has 6 heteroatoms. The molecule has 2 aromatic rings. The molecule has 156 valence electrons. The van der Waals surface area contributed by atoms with Crippen LogP contribution in [0.25, 0.3) is 0 Å². The van der Waals surface area contributed by atoms with E-state index in [2.05, 4.69) is 12.2 Å². The van der Waals surface area contributed by atoms with Crippen LogP contribution in [0.5, 0.6) is 0 Å². The van der Waals surface area contributed by atoms with Crippen molar-refractivity contribution in [1.29, 1.82) is 0 Å². The Balaban J connectivity index is 2.19. The maximum absolute atomic E-state index is 13.1. The highest BCUT2D eigenvalue weighted by Gasteiger charge is 2.26. The van der Waals surface area contributed by atoms with Crippen molar-refractivity contribution in [2.45, 2.75) is 52.6 Å². The van der Waals surface area contributed by atoms with E-state index in [4.69, 9.17) is 23.2 Å². The highest BCUT2D eigenvalue weighted by atomic mass is 35.5. The predicted octanol–water partition coefficient (Wildman–Crippen LogP) is 5.18. The minimum atomic E-state index is -0.580. The van der Waals surface area contributed by atoms with E-state index in [1.807, 2.05) is 31.2 Å². The lowest BCUT2D eigenvalue weighted by Crippen LogP contribution is -2.48. The van der Waals surface area contributed by atoms with E-state index >= 15 is 0 Å². The topological polar surface area (TPSA) is 49.4 Å². The van der Waals surface area contributed by atoms with Crippen LogP contribution in [0.1, 0.15) is 43.4 Å². The van der Waals surface area contributed by atoms with E-state index in [0.717, 1.165) is 29.5 Å². The van der Waals surface area contributed by atoms with Crippen LogP contribution in [0, 0.1) is 6.92 Å². The van der Waals surface area contributed by atoms with Gasteiger partial charge in [0.2, 0.25) is 11.8 Å². The standard InChI is InChI=1S/C23H28Cl2N2O2/c1-4-5-12-26-23(29)17(3)27(15-18-8-6-16(2)7-9-18)22(28)14-19-10-11-20(24)21(25)13-19/h6-11,13,17H,4-5,12,14-15H2,1-3H3,(H,26,29). The van der Waals surface area contributed by atoms with Gasteiger partial charge in [-0.25, -0.2) is 0 Å². The molecule has 0 aliphatic heterocycles.